The first-order chi connectivity index (χ1) is 17.5. The minimum Gasteiger partial charge on any atom is -0.381 e. The number of hydrogen-bond donors (Lipinski definition) is 3. The molecule has 0 spiro atoms. The Bertz CT molecular complexity index is 1270. The Morgan fingerprint density at radius 2 is 1.92 bits per heavy atom. The molecule has 0 aliphatic carbocycles. The van der Waals surface area contributed by atoms with Crippen molar-refractivity contribution >= 4 is 34.9 Å². The maximum Gasteiger partial charge on any atom is 0.250 e. The number of aromatic nitrogens is 1. The molecule has 1 fully saturated rings. The molecule has 2 aliphatic heterocycles. The number of benzene rings is 2. The molecule has 3 heterocycles. The molecule has 190 valence electrons. The lowest BCUT2D eigenvalue weighted by Crippen LogP contribution is -2.37. The Kier molecular flexibility index (Phi) is 7.96. The number of rotatable bonds is 8. The molecular formula is C28H34N4O2S2. The van der Waals surface area contributed by atoms with E-state index in [0.717, 1.165) is 42.1 Å². The highest BCUT2D eigenvalue weighted by atomic mass is 32.2. The van der Waals surface area contributed by atoms with E-state index in [2.05, 4.69) is 71.5 Å². The Labute approximate surface area is 221 Å². The Morgan fingerprint density at radius 3 is 2.69 bits per heavy atom. The van der Waals surface area contributed by atoms with Crippen molar-refractivity contribution in [3.63, 3.8) is 0 Å². The van der Waals surface area contributed by atoms with Crippen molar-refractivity contribution in [3.05, 3.63) is 58.9 Å². The van der Waals surface area contributed by atoms with Crippen LogP contribution in [0.4, 0.5) is 11.4 Å². The van der Waals surface area contributed by atoms with Gasteiger partial charge in [-0.05, 0) is 43.7 Å². The average Bonchev–Trinajstić information content (AvgIpc) is 2.89. The molecule has 8 heteroatoms. The highest BCUT2D eigenvalue weighted by molar-refractivity contribution is 8.05. The van der Waals surface area contributed by atoms with Gasteiger partial charge in [0.1, 0.15) is 0 Å². The summed E-state index contributed by atoms with van der Waals surface area (Å²) in [5.41, 5.74) is 10.2. The second-order valence-electron chi connectivity index (χ2n) is 9.47. The fourth-order valence-corrected chi connectivity index (χ4v) is 7.10. The van der Waals surface area contributed by atoms with E-state index in [9.17, 15) is 4.79 Å². The molecule has 3 aromatic rings. The van der Waals surface area contributed by atoms with E-state index in [-0.39, 0.29) is 17.6 Å². The first-order valence-electron chi connectivity index (χ1n) is 12.7. The van der Waals surface area contributed by atoms with Crippen LogP contribution in [-0.2, 0) is 4.74 Å². The minimum absolute atomic E-state index is 0.0806. The third-order valence-corrected chi connectivity index (χ3v) is 9.30. The topological polar surface area (TPSA) is 83.4 Å². The minimum atomic E-state index is -0.0806. The number of unbranched alkanes of at least 4 members (excludes halogenated alkanes) is 1. The zero-order valence-corrected chi connectivity index (χ0v) is 22.5. The van der Waals surface area contributed by atoms with Crippen LogP contribution >= 0.6 is 23.5 Å². The smallest absolute Gasteiger partial charge is 0.250 e. The van der Waals surface area contributed by atoms with Crippen molar-refractivity contribution in [2.24, 2.45) is 5.73 Å². The van der Waals surface area contributed by atoms with E-state index >= 15 is 0 Å². The van der Waals surface area contributed by atoms with Crippen molar-refractivity contribution in [3.8, 4) is 11.3 Å². The second-order valence-corrected chi connectivity index (χ2v) is 11.6. The largest absolute Gasteiger partial charge is 0.381 e. The summed E-state index contributed by atoms with van der Waals surface area (Å²) in [5, 5.41) is 3.67. The summed E-state index contributed by atoms with van der Waals surface area (Å²) in [6.07, 6.45) is 3.40. The van der Waals surface area contributed by atoms with Gasteiger partial charge in [0.2, 0.25) is 5.56 Å². The Hall–Kier alpha value is -2.39. The number of fused-ring (bicyclic) bond motifs is 2. The molecular weight excluding hydrogens is 488 g/mol. The number of ether oxygens (including phenoxy) is 1. The van der Waals surface area contributed by atoms with Crippen molar-refractivity contribution in [2.45, 2.75) is 64.8 Å². The number of nitrogens with one attached hydrogen (secondary N) is 2. The van der Waals surface area contributed by atoms with Gasteiger partial charge in [0.05, 0.1) is 18.9 Å². The van der Waals surface area contributed by atoms with Gasteiger partial charge >= 0.3 is 0 Å². The third-order valence-electron chi connectivity index (χ3n) is 6.71. The van der Waals surface area contributed by atoms with E-state index in [1.54, 1.807) is 29.6 Å². The van der Waals surface area contributed by atoms with Gasteiger partial charge < -0.3 is 25.7 Å². The second kappa shape index (κ2) is 11.3. The van der Waals surface area contributed by atoms with Gasteiger partial charge in [0.25, 0.3) is 0 Å². The van der Waals surface area contributed by atoms with Crippen LogP contribution in [0.25, 0.3) is 11.3 Å². The molecule has 1 aromatic heterocycles. The molecule has 2 aliphatic rings. The molecule has 2 aromatic carbocycles. The number of aromatic amines is 1. The van der Waals surface area contributed by atoms with Gasteiger partial charge in [-0.2, -0.15) is 0 Å². The molecule has 1 unspecified atom stereocenters. The van der Waals surface area contributed by atoms with Gasteiger partial charge in [0.15, 0.2) is 0 Å². The Balaban J connectivity index is 1.42. The number of anilines is 2. The van der Waals surface area contributed by atoms with Crippen LogP contribution < -0.4 is 21.5 Å². The lowest BCUT2D eigenvalue weighted by Gasteiger charge is -2.29. The summed E-state index contributed by atoms with van der Waals surface area (Å²) in [7, 11) is 0. The maximum absolute atomic E-state index is 12.6. The lowest BCUT2D eigenvalue weighted by atomic mass is 10.0. The fraction of sp³-hybridized carbons (Fsp3) is 0.393. The van der Waals surface area contributed by atoms with Gasteiger partial charge in [-0.15, -0.1) is 0 Å². The SMILES string of the molecule is CCCCC(Nc1ccc2c(c1)Sc1cccc(-c3cc(N4CCOCC4)cc(=O)[nH]3)c1S2)[C@H](C)N. The summed E-state index contributed by atoms with van der Waals surface area (Å²) < 4.78 is 5.49. The summed E-state index contributed by atoms with van der Waals surface area (Å²) in [6, 6.07) is 17.1. The van der Waals surface area contributed by atoms with E-state index in [1.165, 1.54) is 32.4 Å². The standard InChI is InChI=1S/C28H34N4O2S2/c1-3-4-7-22(18(2)29)30-19-9-10-24-26(15-19)35-25-8-5-6-21(28(25)36-24)23-16-20(17-27(33)31-23)32-11-13-34-14-12-32/h5-6,8-10,15-18,22,30H,3-4,7,11-14,29H2,1-2H3,(H,31,33)/t18-,22?/m0/s1. The highest BCUT2D eigenvalue weighted by Gasteiger charge is 2.23. The molecule has 2 atom stereocenters. The molecule has 4 N–H and O–H groups in total. The van der Waals surface area contributed by atoms with Crippen LogP contribution in [0.3, 0.4) is 0 Å². The number of H-pyrrole nitrogens is 1. The molecule has 0 radical (unpaired) electrons. The third kappa shape index (κ3) is 5.62. The van der Waals surface area contributed by atoms with Crippen LogP contribution in [0.1, 0.15) is 33.1 Å². The van der Waals surface area contributed by atoms with Crippen LogP contribution in [0.2, 0.25) is 0 Å². The highest BCUT2D eigenvalue weighted by Crippen LogP contribution is 2.52. The van der Waals surface area contributed by atoms with Crippen molar-refractivity contribution in [2.75, 3.05) is 36.5 Å². The number of nitrogens with zero attached hydrogens (tertiary/aromatic N) is 1. The molecule has 1 saturated heterocycles. The lowest BCUT2D eigenvalue weighted by molar-refractivity contribution is 0.122. The summed E-state index contributed by atoms with van der Waals surface area (Å²) >= 11 is 3.55. The predicted octanol–water partition coefficient (Wildman–Crippen LogP) is 5.81. The van der Waals surface area contributed by atoms with Crippen LogP contribution in [0.15, 0.2) is 72.9 Å². The van der Waals surface area contributed by atoms with Crippen LogP contribution in [0.5, 0.6) is 0 Å². The van der Waals surface area contributed by atoms with E-state index in [1.807, 2.05) is 0 Å². The van der Waals surface area contributed by atoms with Crippen molar-refractivity contribution in [1.82, 2.24) is 4.98 Å². The zero-order chi connectivity index (χ0) is 25.1. The van der Waals surface area contributed by atoms with Crippen LogP contribution in [-0.4, -0.2) is 43.4 Å². The molecule has 0 bridgehead atoms. The summed E-state index contributed by atoms with van der Waals surface area (Å²) in [6.45, 7) is 7.26. The molecule has 6 nitrogen and oxygen atoms in total. The van der Waals surface area contributed by atoms with Crippen molar-refractivity contribution < 1.29 is 4.74 Å². The fourth-order valence-electron chi connectivity index (χ4n) is 4.69. The van der Waals surface area contributed by atoms with E-state index in [4.69, 9.17) is 10.5 Å². The molecule has 0 amide bonds. The number of hydrogen-bond acceptors (Lipinski definition) is 7. The zero-order valence-electron chi connectivity index (χ0n) is 20.9. The number of pyridine rings is 1. The van der Waals surface area contributed by atoms with E-state index < -0.39 is 0 Å². The quantitative estimate of drug-likeness (QED) is 0.269. The molecule has 5 rings (SSSR count). The van der Waals surface area contributed by atoms with Gasteiger partial charge in [-0.1, -0.05) is 55.4 Å². The molecule has 0 saturated carbocycles. The average molecular weight is 523 g/mol. The summed E-state index contributed by atoms with van der Waals surface area (Å²) in [5.74, 6) is 0. The first kappa shape index (κ1) is 25.3. The maximum atomic E-state index is 12.6. The van der Waals surface area contributed by atoms with Gasteiger partial charge in [-0.25, -0.2) is 0 Å². The Morgan fingerprint density at radius 1 is 1.08 bits per heavy atom. The van der Waals surface area contributed by atoms with Gasteiger partial charge in [-0.3, -0.25) is 4.79 Å². The van der Waals surface area contributed by atoms with Crippen molar-refractivity contribution in [1.29, 1.82) is 0 Å². The number of morpholine rings is 1. The summed E-state index contributed by atoms with van der Waals surface area (Å²) in [4.78, 5) is 22.7. The predicted molar refractivity (Wildman–Crippen MR) is 151 cm³/mol. The number of nitrogens with two attached hydrogens (primary N) is 1. The van der Waals surface area contributed by atoms with Crippen LogP contribution in [0, 0.1) is 0 Å². The normalized spacial score (nSPS) is 16.7. The first-order valence-corrected chi connectivity index (χ1v) is 14.4. The van der Waals surface area contributed by atoms with Gasteiger partial charge in [0, 0.05) is 67.8 Å². The molecule has 36 heavy (non-hydrogen) atoms. The van der Waals surface area contributed by atoms with E-state index in [0.29, 0.717) is 13.2 Å². The monoisotopic (exact) mass is 522 g/mol.